The fourth-order valence-corrected chi connectivity index (χ4v) is 9.60. The third-order valence-electron chi connectivity index (χ3n) is 11.9. The van der Waals surface area contributed by atoms with Crippen LogP contribution in [-0.4, -0.2) is 9.52 Å². The van der Waals surface area contributed by atoms with Crippen molar-refractivity contribution in [2.75, 3.05) is 0 Å². The summed E-state index contributed by atoms with van der Waals surface area (Å²) in [4.78, 5) is 0. The Bertz CT molecular complexity index is 2400. The van der Waals surface area contributed by atoms with E-state index in [-0.39, 0.29) is 0 Å². The van der Waals surface area contributed by atoms with E-state index in [1.807, 2.05) is 6.07 Å². The summed E-state index contributed by atoms with van der Waals surface area (Å²) in [5.74, 6) is 1.26. The van der Waals surface area contributed by atoms with Crippen LogP contribution < -0.4 is 10.4 Å². The number of fused-ring (bicyclic) bond motifs is 5. The van der Waals surface area contributed by atoms with E-state index in [0.29, 0.717) is 11.8 Å². The van der Waals surface area contributed by atoms with E-state index in [0.717, 1.165) is 22.4 Å². The van der Waals surface area contributed by atoms with Crippen molar-refractivity contribution in [3.05, 3.63) is 180 Å². The molecule has 0 bridgehead atoms. The standard InChI is InChI=1S/2C22H25.C12H7Si.2ClH.Zr/c2*1-4-9-17-10-6-7-12-20(17)21-13-8-11-18-14-19(15-22(18)21)16(3)5-2;1-3-7-11-9(5-1)10-6-2-4-8-12(10)13-11;;;/h2*6-8,10-16H,4-5,9H2,1-3H3;1-7H;2*1H;/q3*-1;;;+2/p-2. The van der Waals surface area contributed by atoms with E-state index in [1.165, 1.54) is 113 Å². The van der Waals surface area contributed by atoms with Crippen molar-refractivity contribution in [1.29, 1.82) is 0 Å². The smallest absolute Gasteiger partial charge is 0.0920 e. The molecule has 2 atom stereocenters. The molecule has 0 saturated heterocycles. The fraction of sp³-hybridized carbons (Fsp3) is 0.250. The summed E-state index contributed by atoms with van der Waals surface area (Å²) in [6.45, 7) is 13.7. The molecule has 306 valence electrons. The van der Waals surface area contributed by atoms with Gasteiger partial charge in [0.15, 0.2) is 0 Å². The molecular weight excluding hydrogens is 863 g/mol. The van der Waals surface area contributed by atoms with Crippen LogP contribution in [0.4, 0.5) is 0 Å². The fourth-order valence-electron chi connectivity index (χ4n) is 8.29. The summed E-state index contributed by atoms with van der Waals surface area (Å²) in [6, 6.07) is 58.9. The van der Waals surface area contributed by atoms with Gasteiger partial charge in [0.05, 0.1) is 9.52 Å². The van der Waals surface area contributed by atoms with Crippen molar-refractivity contribution in [1.82, 2.24) is 0 Å². The summed E-state index contributed by atoms with van der Waals surface area (Å²) in [5, 5.41) is 8.38. The minimum absolute atomic E-state index is 0.631. The Morgan fingerprint density at radius 1 is 0.533 bits per heavy atom. The molecule has 9 rings (SSSR count). The first-order valence-electron chi connectivity index (χ1n) is 21.7. The maximum absolute atomic E-state index is 4.93. The van der Waals surface area contributed by atoms with Crippen LogP contribution in [0.15, 0.2) is 152 Å². The second kappa shape index (κ2) is 22.9. The Kier molecular flexibility index (Phi) is 17.4. The predicted octanol–water partition coefficient (Wildman–Crippen LogP) is 15.9. The van der Waals surface area contributed by atoms with E-state index in [2.05, 4.69) is 193 Å². The van der Waals surface area contributed by atoms with Crippen molar-refractivity contribution in [2.45, 2.75) is 91.9 Å². The Labute approximate surface area is 381 Å². The molecule has 1 aliphatic rings. The van der Waals surface area contributed by atoms with Crippen LogP contribution in [0.2, 0.25) is 0 Å². The maximum Gasteiger partial charge on any atom is 0.0920 e. The largest absolute Gasteiger partial charge is 0.184 e. The van der Waals surface area contributed by atoms with Crippen molar-refractivity contribution < 1.29 is 20.8 Å². The van der Waals surface area contributed by atoms with Gasteiger partial charge in [-0.15, -0.1) is 74.6 Å². The number of rotatable bonds is 10. The van der Waals surface area contributed by atoms with Crippen molar-refractivity contribution in [3.63, 3.8) is 0 Å². The zero-order valence-corrected chi connectivity index (χ0v) is 41.1. The van der Waals surface area contributed by atoms with Crippen molar-refractivity contribution in [2.24, 2.45) is 0 Å². The Morgan fingerprint density at radius 2 is 0.967 bits per heavy atom. The van der Waals surface area contributed by atoms with Gasteiger partial charge in [-0.05, 0) is 46.9 Å². The monoisotopic (exact) mass is 917 g/mol. The summed E-state index contributed by atoms with van der Waals surface area (Å²) >= 11 is -0.826. The average Bonchev–Trinajstić information content (AvgIpc) is 4.03. The third-order valence-corrected chi connectivity index (χ3v) is 13.3. The zero-order chi connectivity index (χ0) is 42.4. The summed E-state index contributed by atoms with van der Waals surface area (Å²) in [7, 11) is 10.7. The molecule has 4 heteroatoms. The van der Waals surface area contributed by atoms with Gasteiger partial charge in [0, 0.05) is 0 Å². The van der Waals surface area contributed by atoms with Crippen LogP contribution in [0.3, 0.4) is 0 Å². The topological polar surface area (TPSA) is 0 Å². The molecule has 0 aliphatic carbocycles. The molecule has 0 amide bonds. The quantitative estimate of drug-likeness (QED) is 0.0947. The van der Waals surface area contributed by atoms with Crippen molar-refractivity contribution in [3.8, 4) is 33.4 Å². The normalized spacial score (nSPS) is 12.2. The molecule has 0 fully saturated rings. The van der Waals surface area contributed by atoms with E-state index in [9.17, 15) is 0 Å². The van der Waals surface area contributed by atoms with Crippen LogP contribution in [0.1, 0.15) is 101 Å². The minimum Gasteiger partial charge on any atom is -0.184 e. The molecule has 0 aromatic heterocycles. The molecule has 2 unspecified atom stereocenters. The van der Waals surface area contributed by atoms with Gasteiger partial charge in [0.2, 0.25) is 0 Å². The van der Waals surface area contributed by atoms with Gasteiger partial charge < -0.3 is 0 Å². The molecule has 0 nitrogen and oxygen atoms in total. The van der Waals surface area contributed by atoms with Gasteiger partial charge in [-0.1, -0.05) is 174 Å². The molecule has 8 aromatic carbocycles. The molecule has 0 saturated carbocycles. The van der Waals surface area contributed by atoms with E-state index < -0.39 is 20.8 Å². The molecule has 2 radical (unpaired) electrons. The van der Waals surface area contributed by atoms with Gasteiger partial charge in [-0.2, -0.15) is 41.6 Å². The number of halogens is 2. The minimum atomic E-state index is -0.826. The van der Waals surface area contributed by atoms with Gasteiger partial charge in [0.25, 0.3) is 0 Å². The summed E-state index contributed by atoms with van der Waals surface area (Å²) < 4.78 is 0. The van der Waals surface area contributed by atoms with Gasteiger partial charge in [-0.3, -0.25) is 0 Å². The molecular formula is C56H57Cl2SiZr-3. The number of benzene rings is 6. The van der Waals surface area contributed by atoms with Gasteiger partial charge >= 0.3 is 37.9 Å². The van der Waals surface area contributed by atoms with Crippen LogP contribution in [0.25, 0.3) is 54.9 Å². The number of aryl methyl sites for hydroxylation is 2. The Morgan fingerprint density at radius 3 is 1.45 bits per heavy atom. The number of hydrogen-bond donors (Lipinski definition) is 0. The average molecular weight is 920 g/mol. The zero-order valence-electron chi connectivity index (χ0n) is 36.1. The molecule has 60 heavy (non-hydrogen) atoms. The van der Waals surface area contributed by atoms with E-state index in [1.54, 1.807) is 0 Å². The molecule has 1 heterocycles. The Balaban J connectivity index is 0.000000150. The maximum atomic E-state index is 4.93. The van der Waals surface area contributed by atoms with Crippen LogP contribution >= 0.6 is 17.0 Å². The Hall–Kier alpha value is -3.78. The molecule has 0 spiro atoms. The number of hydrogen-bond acceptors (Lipinski definition) is 0. The van der Waals surface area contributed by atoms with Crippen LogP contribution in [-0.2, 0) is 33.7 Å². The molecule has 8 aromatic rings. The second-order valence-corrected chi connectivity index (χ2v) is 20.8. The first-order chi connectivity index (χ1) is 29.3. The van der Waals surface area contributed by atoms with E-state index >= 15 is 0 Å². The first-order valence-corrected chi connectivity index (χ1v) is 29.1. The van der Waals surface area contributed by atoms with E-state index in [4.69, 9.17) is 17.0 Å². The SMILES string of the molecule is CCCc1ccccc1-c1cccc2[cH-]c(C(C)CC)cc12.CCCc1ccccc1-c1cccc2[cH-]c(C(C)CC)cc12.[Cl][Zr][Cl].[c-]1cccc2c1[Si]c1ccccc1-2. The predicted molar refractivity (Wildman–Crippen MR) is 263 cm³/mol. The third kappa shape index (κ3) is 11.0. The van der Waals surface area contributed by atoms with Crippen LogP contribution in [0, 0.1) is 6.07 Å². The summed E-state index contributed by atoms with van der Waals surface area (Å²) in [5.41, 5.74) is 14.2. The first kappa shape index (κ1) is 45.7. The van der Waals surface area contributed by atoms with Crippen molar-refractivity contribution >= 4 is 58.5 Å². The van der Waals surface area contributed by atoms with Gasteiger partial charge in [-0.25, -0.2) is 0 Å². The van der Waals surface area contributed by atoms with Gasteiger partial charge in [0.1, 0.15) is 0 Å². The summed E-state index contributed by atoms with van der Waals surface area (Å²) in [6.07, 6.45) is 7.05. The molecule has 1 aliphatic heterocycles. The molecule has 0 N–H and O–H groups in total. The second-order valence-electron chi connectivity index (χ2n) is 15.8. The van der Waals surface area contributed by atoms with Crippen LogP contribution in [0.5, 0.6) is 0 Å².